The minimum atomic E-state index is -1.95. The van der Waals surface area contributed by atoms with Gasteiger partial charge in [-0.15, -0.1) is 0 Å². The lowest BCUT2D eigenvalue weighted by Crippen LogP contribution is -2.68. The maximum Gasteiger partial charge on any atom is 0.349 e. The summed E-state index contributed by atoms with van der Waals surface area (Å²) in [5.74, 6) is -4.64. The molecule has 45 heavy (non-hydrogen) atoms. The van der Waals surface area contributed by atoms with Crippen molar-refractivity contribution >= 4 is 47.5 Å². The quantitative estimate of drug-likeness (QED) is 0.264. The Kier molecular flexibility index (Phi) is 12.5. The van der Waals surface area contributed by atoms with Gasteiger partial charge in [0, 0.05) is 39.0 Å². The van der Waals surface area contributed by atoms with Crippen LogP contribution in [0.25, 0.3) is 0 Å². The molecular weight excluding hydrogens is 610 g/mol. The van der Waals surface area contributed by atoms with Gasteiger partial charge >= 0.3 is 29.8 Å². The molecule has 2 aromatic carbocycles. The second-order valence-electron chi connectivity index (χ2n) is 10.0. The van der Waals surface area contributed by atoms with E-state index in [1.54, 1.807) is 48.5 Å². The van der Waals surface area contributed by atoms with Gasteiger partial charge in [-0.2, -0.15) is 0 Å². The second-order valence-corrected chi connectivity index (χ2v) is 11.3. The highest BCUT2D eigenvalue weighted by Gasteiger charge is 2.59. The third-order valence-corrected chi connectivity index (χ3v) is 7.74. The summed E-state index contributed by atoms with van der Waals surface area (Å²) >= 11 is 0.942. The van der Waals surface area contributed by atoms with E-state index in [-0.39, 0.29) is 12.0 Å². The maximum atomic E-state index is 13.6. The van der Waals surface area contributed by atoms with Crippen LogP contribution in [0.3, 0.4) is 0 Å². The molecule has 13 nitrogen and oxygen atoms in total. The Hall–Kier alpha value is -4.43. The highest BCUT2D eigenvalue weighted by Crippen LogP contribution is 2.46. The molecule has 1 amide bonds. The molecule has 14 heteroatoms. The van der Waals surface area contributed by atoms with Crippen molar-refractivity contribution in [3.63, 3.8) is 0 Å². The number of nitrogens with one attached hydrogen (secondary N) is 1. The van der Waals surface area contributed by atoms with Gasteiger partial charge in [0.05, 0.1) is 18.7 Å². The van der Waals surface area contributed by atoms with Crippen LogP contribution in [0.15, 0.2) is 65.6 Å². The largest absolute Gasteiger partial charge is 0.466 e. The third kappa shape index (κ3) is 9.78. The third-order valence-electron chi connectivity index (χ3n) is 6.47. The van der Waals surface area contributed by atoms with E-state index in [0.717, 1.165) is 39.6 Å². The van der Waals surface area contributed by atoms with Crippen molar-refractivity contribution in [3.8, 4) is 0 Å². The molecule has 0 saturated carbocycles. The number of carbonyl (C=O) groups excluding carboxylic acids is 6. The highest BCUT2D eigenvalue weighted by atomic mass is 32.2. The fourth-order valence-electron chi connectivity index (χ4n) is 4.75. The minimum absolute atomic E-state index is 0.186. The number of carbonyl (C=O) groups is 6. The van der Waals surface area contributed by atoms with Crippen LogP contribution < -0.4 is 5.32 Å². The molecule has 1 N–H and O–H groups in total. The summed E-state index contributed by atoms with van der Waals surface area (Å²) in [5.41, 5.74) is 0.186. The Bertz CT molecular complexity index is 1370. The number of thioether (sulfide) groups is 1. The number of methoxy groups -OCH3 is 1. The maximum absolute atomic E-state index is 13.6. The van der Waals surface area contributed by atoms with E-state index in [4.69, 9.17) is 28.4 Å². The van der Waals surface area contributed by atoms with Crippen LogP contribution >= 0.6 is 11.8 Å². The molecule has 1 heterocycles. The van der Waals surface area contributed by atoms with Crippen LogP contribution in [0.1, 0.15) is 44.5 Å². The Morgan fingerprint density at radius 2 is 1.49 bits per heavy atom. The summed E-state index contributed by atoms with van der Waals surface area (Å²) in [5, 5.41) is 2.68. The average molecular weight is 646 g/mol. The van der Waals surface area contributed by atoms with Crippen LogP contribution in [0.2, 0.25) is 0 Å². The Morgan fingerprint density at radius 3 is 2.02 bits per heavy atom. The molecule has 1 fully saturated rings. The molecule has 6 atom stereocenters. The number of benzene rings is 2. The van der Waals surface area contributed by atoms with Crippen molar-refractivity contribution in [2.75, 3.05) is 13.7 Å². The second kappa shape index (κ2) is 16.0. The number of rotatable bonds is 12. The van der Waals surface area contributed by atoms with Crippen LogP contribution in [0.4, 0.5) is 0 Å². The first-order chi connectivity index (χ1) is 21.3. The van der Waals surface area contributed by atoms with Gasteiger partial charge in [0.2, 0.25) is 10.8 Å². The predicted octanol–water partition coefficient (Wildman–Crippen LogP) is 2.59. The van der Waals surface area contributed by atoms with Gasteiger partial charge in [0.25, 0.3) is 0 Å². The lowest BCUT2D eigenvalue weighted by Gasteiger charge is -2.48. The van der Waals surface area contributed by atoms with Crippen molar-refractivity contribution in [2.45, 2.75) is 74.4 Å². The van der Waals surface area contributed by atoms with E-state index in [1.165, 1.54) is 19.1 Å². The van der Waals surface area contributed by atoms with Crippen LogP contribution in [0, 0.1) is 0 Å². The monoisotopic (exact) mass is 645 g/mol. The first-order valence-corrected chi connectivity index (χ1v) is 14.7. The molecule has 1 aliphatic heterocycles. The van der Waals surface area contributed by atoms with E-state index < -0.39 is 77.8 Å². The zero-order valence-electron chi connectivity index (χ0n) is 25.4. The van der Waals surface area contributed by atoms with Crippen molar-refractivity contribution < 1.29 is 57.2 Å². The van der Waals surface area contributed by atoms with Gasteiger partial charge in [-0.05, 0) is 24.3 Å². The first kappa shape index (κ1) is 35.1. The standard InChI is InChI=1S/C31H35NO12S/c1-18(33)32-26-24(43-29(37)22-12-8-6-9-13-22)16-31(30(38)39-5,45-23-14-10-7-11-15-23)44-28(26)27(42-21(4)36)25(41-20(3)35)17-40-19(2)34/h6-15,24-28H,16-17H2,1-5H3,(H,32,33)/t24-,25+,26+,27+,28+,31-/m0/s1. The molecule has 0 aliphatic carbocycles. The topological polar surface area (TPSA) is 170 Å². The summed E-state index contributed by atoms with van der Waals surface area (Å²) < 4.78 is 33.7. The van der Waals surface area contributed by atoms with Gasteiger partial charge in [0.1, 0.15) is 18.8 Å². The minimum Gasteiger partial charge on any atom is -0.466 e. The van der Waals surface area contributed by atoms with Gasteiger partial charge in [-0.3, -0.25) is 19.2 Å². The number of esters is 5. The number of amides is 1. The van der Waals surface area contributed by atoms with E-state index in [0.29, 0.717) is 4.90 Å². The molecule has 0 bridgehead atoms. The lowest BCUT2D eigenvalue weighted by atomic mass is 9.89. The molecule has 0 radical (unpaired) electrons. The van der Waals surface area contributed by atoms with Crippen molar-refractivity contribution in [1.82, 2.24) is 5.32 Å². The Labute approximate surface area is 264 Å². The molecule has 3 rings (SSSR count). The molecule has 1 saturated heterocycles. The fourth-order valence-corrected chi connectivity index (χ4v) is 6.00. The average Bonchev–Trinajstić information content (AvgIpc) is 2.99. The Balaban J connectivity index is 2.23. The Morgan fingerprint density at radius 1 is 0.889 bits per heavy atom. The van der Waals surface area contributed by atoms with Gasteiger partial charge in [-0.25, -0.2) is 9.59 Å². The summed E-state index contributed by atoms with van der Waals surface area (Å²) in [6.45, 7) is 3.93. The van der Waals surface area contributed by atoms with Gasteiger partial charge < -0.3 is 33.7 Å². The lowest BCUT2D eigenvalue weighted by molar-refractivity contribution is -0.220. The van der Waals surface area contributed by atoms with Gasteiger partial charge in [-0.1, -0.05) is 48.2 Å². The number of hydrogen-bond acceptors (Lipinski definition) is 13. The summed E-state index contributed by atoms with van der Waals surface area (Å²) in [6, 6.07) is 15.4. The van der Waals surface area contributed by atoms with Gasteiger partial charge in [0.15, 0.2) is 12.2 Å². The van der Waals surface area contributed by atoms with E-state index in [9.17, 15) is 28.8 Å². The zero-order chi connectivity index (χ0) is 33.1. The molecule has 242 valence electrons. The predicted molar refractivity (Wildman–Crippen MR) is 158 cm³/mol. The molecule has 0 aromatic heterocycles. The van der Waals surface area contributed by atoms with E-state index >= 15 is 0 Å². The van der Waals surface area contributed by atoms with Crippen LogP contribution in [0.5, 0.6) is 0 Å². The molecule has 1 aliphatic rings. The molecule has 2 aromatic rings. The highest BCUT2D eigenvalue weighted by molar-refractivity contribution is 8.01. The molecule has 0 spiro atoms. The zero-order valence-corrected chi connectivity index (χ0v) is 26.2. The van der Waals surface area contributed by atoms with Crippen LogP contribution in [-0.2, 0) is 52.4 Å². The van der Waals surface area contributed by atoms with Crippen LogP contribution in [-0.4, -0.2) is 84.9 Å². The van der Waals surface area contributed by atoms with E-state index in [1.807, 2.05) is 0 Å². The number of hydrogen-bond donors (Lipinski definition) is 1. The number of ether oxygens (including phenoxy) is 6. The summed E-state index contributed by atoms with van der Waals surface area (Å²) in [7, 11) is 1.14. The first-order valence-electron chi connectivity index (χ1n) is 13.9. The molecular formula is C31H35NO12S. The fraction of sp³-hybridized carbons (Fsp3) is 0.419. The SMILES string of the molecule is COC(=O)[C@@]1(Sc2ccccc2)C[C@H](OC(=O)c2ccccc2)[C@@H](NC(C)=O)[C@H]([C@H](OC(C)=O)[C@@H](COC(C)=O)OC(C)=O)O1. The van der Waals surface area contributed by atoms with E-state index in [2.05, 4.69) is 5.32 Å². The smallest absolute Gasteiger partial charge is 0.349 e. The summed E-state index contributed by atoms with van der Waals surface area (Å²) in [6.07, 6.45) is -6.22. The van der Waals surface area contributed by atoms with Crippen molar-refractivity contribution in [2.24, 2.45) is 0 Å². The normalized spacial score (nSPS) is 22.1. The summed E-state index contributed by atoms with van der Waals surface area (Å²) in [4.78, 5) is 74.5. The van der Waals surface area contributed by atoms with Crippen molar-refractivity contribution in [3.05, 3.63) is 66.2 Å². The molecule has 0 unspecified atom stereocenters. The van der Waals surface area contributed by atoms with Crippen molar-refractivity contribution in [1.29, 1.82) is 0 Å².